The molecule has 1 aliphatic carbocycles. The molecule has 0 amide bonds. The van der Waals surface area contributed by atoms with Gasteiger partial charge in [0.25, 0.3) is 0 Å². The fourth-order valence-corrected chi connectivity index (χ4v) is 2.44. The Balaban J connectivity index is 0.000000686. The zero-order chi connectivity index (χ0) is 12.8. The van der Waals surface area contributed by atoms with E-state index in [9.17, 15) is 5.11 Å². The van der Waals surface area contributed by atoms with Crippen molar-refractivity contribution < 1.29 is 5.11 Å². The maximum atomic E-state index is 9.90. The summed E-state index contributed by atoms with van der Waals surface area (Å²) in [6, 6.07) is 5.86. The first-order valence-electron chi connectivity index (χ1n) is 6.74. The van der Waals surface area contributed by atoms with E-state index < -0.39 is 0 Å². The third-order valence-corrected chi connectivity index (χ3v) is 3.00. The summed E-state index contributed by atoms with van der Waals surface area (Å²) in [7, 11) is 0. The summed E-state index contributed by atoms with van der Waals surface area (Å²) < 4.78 is 0. The lowest BCUT2D eigenvalue weighted by Crippen LogP contribution is -2.07. The highest BCUT2D eigenvalue weighted by Crippen LogP contribution is 2.37. The van der Waals surface area contributed by atoms with E-state index in [0.717, 1.165) is 24.8 Å². The van der Waals surface area contributed by atoms with E-state index >= 15 is 0 Å². The van der Waals surface area contributed by atoms with Crippen LogP contribution in [0.2, 0.25) is 0 Å². The summed E-state index contributed by atoms with van der Waals surface area (Å²) in [4.78, 5) is 0. The minimum atomic E-state index is 0.444. The topological polar surface area (TPSA) is 20.2 Å². The Kier molecular flexibility index (Phi) is 5.27. The van der Waals surface area contributed by atoms with Crippen LogP contribution in [0, 0.1) is 5.92 Å². The van der Waals surface area contributed by atoms with Crippen LogP contribution in [0.1, 0.15) is 51.7 Å². The fourth-order valence-electron chi connectivity index (χ4n) is 2.44. The van der Waals surface area contributed by atoms with E-state index in [0.29, 0.717) is 11.7 Å². The molecule has 17 heavy (non-hydrogen) atoms. The van der Waals surface area contributed by atoms with Crippen molar-refractivity contribution in [1.82, 2.24) is 0 Å². The Morgan fingerprint density at radius 2 is 2.00 bits per heavy atom. The second-order valence-corrected chi connectivity index (χ2v) is 4.43. The second-order valence-electron chi connectivity index (χ2n) is 4.43. The van der Waals surface area contributed by atoms with Crippen LogP contribution in [0.5, 0.6) is 5.75 Å². The van der Waals surface area contributed by atoms with Gasteiger partial charge in [-0.3, -0.25) is 0 Å². The number of rotatable bonds is 2. The molecule has 1 N–H and O–H groups in total. The largest absolute Gasteiger partial charge is 0.507 e. The van der Waals surface area contributed by atoms with Crippen molar-refractivity contribution >= 4 is 5.57 Å². The zero-order valence-corrected chi connectivity index (χ0v) is 11.5. The molecule has 0 aromatic heterocycles. The van der Waals surface area contributed by atoms with Gasteiger partial charge >= 0.3 is 0 Å². The lowest BCUT2D eigenvalue weighted by atomic mass is 9.83. The molecule has 0 spiro atoms. The third kappa shape index (κ3) is 3.12. The lowest BCUT2D eigenvalue weighted by molar-refractivity contribution is 0.471. The monoisotopic (exact) mass is 232 g/mol. The standard InChI is InChI=1S/C14H18O.C2H6/c1-3-5-11-8-10(2)9-12-6-4-7-13(15)14(11)12;1-2/h4,6-8,10,15H,3,5,9H2,1-2H3;1-2H3. The maximum absolute atomic E-state index is 9.90. The van der Waals surface area contributed by atoms with Gasteiger partial charge < -0.3 is 5.11 Å². The average Bonchev–Trinajstić information content (AvgIpc) is 2.31. The zero-order valence-electron chi connectivity index (χ0n) is 11.5. The molecule has 1 aliphatic rings. The normalized spacial score (nSPS) is 17.6. The number of fused-ring (bicyclic) bond motifs is 1. The Morgan fingerprint density at radius 1 is 1.29 bits per heavy atom. The molecule has 1 unspecified atom stereocenters. The summed E-state index contributed by atoms with van der Waals surface area (Å²) in [5.74, 6) is 1.04. The molecule has 0 heterocycles. The quantitative estimate of drug-likeness (QED) is 0.777. The van der Waals surface area contributed by atoms with Gasteiger partial charge in [-0.05, 0) is 36.0 Å². The van der Waals surface area contributed by atoms with Crippen molar-refractivity contribution in [3.8, 4) is 5.75 Å². The number of benzene rings is 1. The molecule has 0 saturated heterocycles. The molecule has 0 radical (unpaired) electrons. The van der Waals surface area contributed by atoms with E-state index in [1.54, 1.807) is 6.07 Å². The summed E-state index contributed by atoms with van der Waals surface area (Å²) in [5, 5.41) is 9.90. The van der Waals surface area contributed by atoms with Gasteiger partial charge in [0.1, 0.15) is 5.75 Å². The number of hydrogen-bond acceptors (Lipinski definition) is 1. The van der Waals surface area contributed by atoms with Gasteiger partial charge in [0, 0.05) is 5.56 Å². The maximum Gasteiger partial charge on any atom is 0.123 e. The molecule has 2 rings (SSSR count). The Labute approximate surface area is 105 Å². The SMILES string of the molecule is CC.CCCC1=CC(C)Cc2cccc(O)c21. The number of phenolic OH excluding ortho intramolecular Hbond substituents is 1. The van der Waals surface area contributed by atoms with E-state index in [1.807, 2.05) is 19.9 Å². The van der Waals surface area contributed by atoms with Crippen molar-refractivity contribution in [1.29, 1.82) is 0 Å². The fraction of sp³-hybridized carbons (Fsp3) is 0.500. The molecule has 1 aromatic carbocycles. The van der Waals surface area contributed by atoms with Gasteiger partial charge in [-0.25, -0.2) is 0 Å². The Bertz CT molecular complexity index is 391. The Morgan fingerprint density at radius 3 is 2.65 bits per heavy atom. The molecular weight excluding hydrogens is 208 g/mol. The average molecular weight is 232 g/mol. The number of aromatic hydroxyl groups is 1. The summed E-state index contributed by atoms with van der Waals surface area (Å²) in [6.45, 7) is 8.42. The highest BCUT2D eigenvalue weighted by Gasteiger charge is 2.18. The molecular formula is C16H24O. The van der Waals surface area contributed by atoms with Crippen LogP contribution < -0.4 is 0 Å². The van der Waals surface area contributed by atoms with Crippen LogP contribution in [-0.4, -0.2) is 5.11 Å². The molecule has 0 aliphatic heterocycles. The molecule has 1 aromatic rings. The van der Waals surface area contributed by atoms with Gasteiger partial charge in [-0.1, -0.05) is 52.3 Å². The lowest BCUT2D eigenvalue weighted by Gasteiger charge is -2.22. The highest BCUT2D eigenvalue weighted by atomic mass is 16.3. The molecule has 1 nitrogen and oxygen atoms in total. The molecule has 0 fully saturated rings. The van der Waals surface area contributed by atoms with E-state index in [4.69, 9.17) is 0 Å². The smallest absolute Gasteiger partial charge is 0.123 e. The Hall–Kier alpha value is -1.24. The minimum absolute atomic E-state index is 0.444. The van der Waals surface area contributed by atoms with Crippen LogP contribution >= 0.6 is 0 Å². The molecule has 1 atom stereocenters. The minimum Gasteiger partial charge on any atom is -0.507 e. The summed E-state index contributed by atoms with van der Waals surface area (Å²) in [6.07, 6.45) is 5.56. The van der Waals surface area contributed by atoms with E-state index in [-0.39, 0.29) is 0 Å². The van der Waals surface area contributed by atoms with Crippen molar-refractivity contribution in [2.24, 2.45) is 5.92 Å². The van der Waals surface area contributed by atoms with Crippen molar-refractivity contribution in [2.75, 3.05) is 0 Å². The first kappa shape index (κ1) is 13.8. The molecule has 0 saturated carbocycles. The first-order valence-corrected chi connectivity index (χ1v) is 6.74. The van der Waals surface area contributed by atoms with Gasteiger partial charge in [0.15, 0.2) is 0 Å². The summed E-state index contributed by atoms with van der Waals surface area (Å²) in [5.41, 5.74) is 3.72. The summed E-state index contributed by atoms with van der Waals surface area (Å²) >= 11 is 0. The van der Waals surface area contributed by atoms with Gasteiger partial charge in [0.2, 0.25) is 0 Å². The molecule has 1 heteroatoms. The van der Waals surface area contributed by atoms with Crippen molar-refractivity contribution in [2.45, 2.75) is 47.0 Å². The van der Waals surface area contributed by atoms with Crippen LogP contribution in [0.4, 0.5) is 0 Å². The van der Waals surface area contributed by atoms with Crippen LogP contribution in [0.3, 0.4) is 0 Å². The van der Waals surface area contributed by atoms with Crippen LogP contribution in [0.25, 0.3) is 5.57 Å². The predicted molar refractivity (Wildman–Crippen MR) is 75.2 cm³/mol. The number of allylic oxidation sites excluding steroid dienone is 2. The molecule has 0 bridgehead atoms. The van der Waals surface area contributed by atoms with Gasteiger partial charge in [-0.15, -0.1) is 0 Å². The second kappa shape index (κ2) is 6.48. The van der Waals surface area contributed by atoms with Gasteiger partial charge in [0.05, 0.1) is 0 Å². The molecule has 94 valence electrons. The number of hydrogen-bond donors (Lipinski definition) is 1. The number of phenols is 1. The predicted octanol–water partition coefficient (Wildman–Crippen LogP) is 4.79. The highest BCUT2D eigenvalue weighted by molar-refractivity contribution is 5.74. The van der Waals surface area contributed by atoms with Gasteiger partial charge in [-0.2, -0.15) is 0 Å². The van der Waals surface area contributed by atoms with Crippen molar-refractivity contribution in [3.63, 3.8) is 0 Å². The van der Waals surface area contributed by atoms with E-state index in [1.165, 1.54) is 11.1 Å². The van der Waals surface area contributed by atoms with Crippen molar-refractivity contribution in [3.05, 3.63) is 35.4 Å². The van der Waals surface area contributed by atoms with Crippen LogP contribution in [-0.2, 0) is 6.42 Å². The van der Waals surface area contributed by atoms with E-state index in [2.05, 4.69) is 26.0 Å². The first-order chi connectivity index (χ1) is 8.22. The third-order valence-electron chi connectivity index (χ3n) is 3.00. The van der Waals surface area contributed by atoms with Crippen LogP contribution in [0.15, 0.2) is 24.3 Å².